The monoisotopic (exact) mass is 1770 g/mol. The molecule has 682 valence electrons. The summed E-state index contributed by atoms with van der Waals surface area (Å²) in [6.45, 7) is 32.0. The number of unbranched alkanes of at least 4 members (excludes halogenated alkanes) is 3. The number of ketones is 1. The topological polar surface area (TPSA) is 170 Å². The number of hydrogen-bond donors (Lipinski definition) is 0. The van der Waals surface area contributed by atoms with Gasteiger partial charge in [-0.25, -0.2) is 4.39 Å². The minimum atomic E-state index is -0.310. The maximum Gasteiger partial charge on any atom is 0.227 e. The lowest BCUT2D eigenvalue weighted by Crippen LogP contribution is -2.46. The van der Waals surface area contributed by atoms with Crippen molar-refractivity contribution in [1.82, 2.24) is 29.9 Å². The second-order valence-corrected chi connectivity index (χ2v) is 39.9. The quantitative estimate of drug-likeness (QED) is 0.0413. The molecule has 8 aromatic carbocycles. The highest BCUT2D eigenvalue weighted by Gasteiger charge is 2.39. The van der Waals surface area contributed by atoms with Crippen molar-refractivity contribution >= 4 is 97.1 Å². The van der Waals surface area contributed by atoms with E-state index >= 15 is 0 Å². The number of aromatic nitrogens is 2. The lowest BCUT2D eigenvalue weighted by Gasteiger charge is -2.37. The van der Waals surface area contributed by atoms with Gasteiger partial charge in [-0.2, -0.15) is 0 Å². The Labute approximate surface area is 771 Å². The number of rotatable bonds is 24. The molecule has 4 amide bonds. The molecular weight excluding hydrogens is 1640 g/mol. The van der Waals surface area contributed by atoms with Crippen LogP contribution in [0.2, 0.25) is 5.02 Å². The second-order valence-electron chi connectivity index (χ2n) is 39.4. The number of nitrogens with zero attached hydrogens (tertiary/aromatic N) is 12. The van der Waals surface area contributed by atoms with Crippen molar-refractivity contribution in [2.24, 2.45) is 0 Å². The molecule has 0 N–H and O–H groups in total. The molecule has 0 bridgehead atoms. The van der Waals surface area contributed by atoms with E-state index in [1.165, 1.54) is 184 Å². The van der Waals surface area contributed by atoms with Gasteiger partial charge in [0.1, 0.15) is 5.82 Å². The number of anilines is 6. The first-order valence-corrected chi connectivity index (χ1v) is 49.7. The molecule has 2 atom stereocenters. The van der Waals surface area contributed by atoms with Crippen LogP contribution in [-0.4, -0.2) is 190 Å². The number of carbonyl (C=O) groups is 5. The number of fused-ring (bicyclic) bond motifs is 2. The number of halogens is 2. The summed E-state index contributed by atoms with van der Waals surface area (Å²) in [5.41, 5.74) is 31.0. The molecule has 0 radical (unpaired) electrons. The minimum absolute atomic E-state index is 0.167. The maximum absolute atomic E-state index is 13.4. The number of aryl methyl sites for hydroxylation is 7. The molecule has 10 aromatic rings. The van der Waals surface area contributed by atoms with Gasteiger partial charge in [-0.05, 0) is 358 Å². The average molecular weight is 1770 g/mol. The number of piperidine rings is 2. The van der Waals surface area contributed by atoms with Crippen molar-refractivity contribution in [3.05, 3.63) is 233 Å². The first kappa shape index (κ1) is 89.1. The second kappa shape index (κ2) is 39.8. The normalized spacial score (nSPS) is 19.8. The Hall–Kier alpha value is -10.1. The third kappa shape index (κ3) is 19.6. The fourth-order valence-electron chi connectivity index (χ4n) is 23.3. The highest BCUT2D eigenvalue weighted by molar-refractivity contribution is 6.30. The van der Waals surface area contributed by atoms with E-state index in [9.17, 15) is 28.4 Å². The zero-order valence-electron chi connectivity index (χ0n) is 77.2. The number of carbonyl (C=O) groups excluding carboxylic acids is 5. The first-order chi connectivity index (χ1) is 63.3. The smallest absolute Gasteiger partial charge is 0.227 e. The van der Waals surface area contributed by atoms with Crippen LogP contribution in [0.1, 0.15) is 240 Å². The number of likely N-dealkylation sites (tertiary alicyclic amines) is 2. The van der Waals surface area contributed by atoms with E-state index < -0.39 is 0 Å². The molecule has 12 aliphatic heterocycles. The van der Waals surface area contributed by atoms with Gasteiger partial charge in [0.25, 0.3) is 0 Å². The van der Waals surface area contributed by atoms with Crippen LogP contribution in [0.25, 0.3) is 21.9 Å². The van der Waals surface area contributed by atoms with Gasteiger partial charge in [-0.3, -0.25) is 33.8 Å². The maximum atomic E-state index is 13.4. The SMILES string of the molecule is CC1CC(=O)N2CCc3cc(C(=O)CCCN4CCC(c5noc6cc(F)ccc56)CC4)cc1c32.Cc1ccc2c(C3CCN(CCCCc4cc5c6c(c4)C(C)CC(=O)N6CC5)CC3)noc2c1.Cc1cccc(N2CCN(CCCCc3cc4c5c(c3)CCN5C(=O)CC4)CC2)c1C.O=C1CCc2cc(CCCCN3CCN(c4ccc(Cl)cc4)CC3)cc3c2N1CC3. The van der Waals surface area contributed by atoms with Gasteiger partial charge in [0.2, 0.25) is 23.6 Å². The fraction of sp³-hybridized carbons (Fsp3) is 0.495. The summed E-state index contributed by atoms with van der Waals surface area (Å²) in [7, 11) is 0. The van der Waals surface area contributed by atoms with E-state index in [4.69, 9.17) is 20.6 Å². The molecule has 2 aromatic heterocycles. The van der Waals surface area contributed by atoms with E-state index in [-0.39, 0.29) is 23.4 Å². The van der Waals surface area contributed by atoms with Crippen LogP contribution in [0.4, 0.5) is 38.5 Å². The Morgan fingerprint density at radius 2 is 0.846 bits per heavy atom. The lowest BCUT2D eigenvalue weighted by molar-refractivity contribution is -0.120. The molecule has 0 aliphatic carbocycles. The largest absolute Gasteiger partial charge is 0.369 e. The first-order valence-electron chi connectivity index (χ1n) is 49.3. The van der Waals surface area contributed by atoms with Crippen LogP contribution in [0.3, 0.4) is 0 Å². The Morgan fingerprint density at radius 1 is 0.415 bits per heavy atom. The molecule has 14 heterocycles. The van der Waals surface area contributed by atoms with Gasteiger partial charge >= 0.3 is 0 Å². The van der Waals surface area contributed by atoms with Crippen molar-refractivity contribution in [1.29, 1.82) is 0 Å². The van der Waals surface area contributed by atoms with Crippen molar-refractivity contribution in [2.45, 2.75) is 219 Å². The Kier molecular flexibility index (Phi) is 27.3. The van der Waals surface area contributed by atoms with Gasteiger partial charge in [0.15, 0.2) is 16.9 Å². The van der Waals surface area contributed by atoms with Crippen LogP contribution >= 0.6 is 11.6 Å². The van der Waals surface area contributed by atoms with E-state index in [2.05, 4.69) is 159 Å². The van der Waals surface area contributed by atoms with Crippen LogP contribution in [-0.2, 0) is 77.0 Å². The molecule has 21 heteroatoms. The number of Topliss-reactive ketones (excluding diaryl/α,β-unsaturated/α-hetero) is 1. The average Bonchev–Trinajstić information content (AvgIpc) is 1.43. The van der Waals surface area contributed by atoms with Gasteiger partial charge in [-0.15, -0.1) is 0 Å². The van der Waals surface area contributed by atoms with Crippen LogP contribution < -0.4 is 29.4 Å². The molecule has 0 saturated carbocycles. The van der Waals surface area contributed by atoms with E-state index in [1.807, 2.05) is 43.9 Å². The van der Waals surface area contributed by atoms with Crippen LogP contribution in [0.15, 0.2) is 136 Å². The highest BCUT2D eigenvalue weighted by Crippen LogP contribution is 2.47. The van der Waals surface area contributed by atoms with Crippen molar-refractivity contribution in [3.63, 3.8) is 0 Å². The molecule has 12 aliphatic rings. The summed E-state index contributed by atoms with van der Waals surface area (Å²) in [5, 5.41) is 11.6. The Balaban J connectivity index is 0.000000113. The summed E-state index contributed by atoms with van der Waals surface area (Å²) in [6, 6.07) is 44.2. The fourth-order valence-corrected chi connectivity index (χ4v) is 23.4. The zero-order chi connectivity index (χ0) is 89.2. The molecule has 19 nitrogen and oxygen atoms in total. The summed E-state index contributed by atoms with van der Waals surface area (Å²) in [4.78, 5) is 85.2. The number of hydrogen-bond acceptors (Lipinski definition) is 15. The van der Waals surface area contributed by atoms with Crippen molar-refractivity contribution in [3.8, 4) is 0 Å². The molecule has 22 rings (SSSR count). The molecule has 0 spiro atoms. The van der Waals surface area contributed by atoms with E-state index in [0.29, 0.717) is 73.2 Å². The Morgan fingerprint density at radius 3 is 1.36 bits per heavy atom. The predicted molar refractivity (Wildman–Crippen MR) is 519 cm³/mol. The third-order valence-corrected chi connectivity index (χ3v) is 31.0. The van der Waals surface area contributed by atoms with Gasteiger partial charge in [0.05, 0.1) is 34.1 Å². The van der Waals surface area contributed by atoms with E-state index in [0.717, 1.165) is 238 Å². The summed E-state index contributed by atoms with van der Waals surface area (Å²) in [6.07, 6.45) is 24.9. The molecule has 130 heavy (non-hydrogen) atoms. The van der Waals surface area contributed by atoms with Crippen LogP contribution in [0, 0.1) is 26.6 Å². The molecule has 2 unspecified atom stereocenters. The zero-order valence-corrected chi connectivity index (χ0v) is 78.0. The molecule has 4 fully saturated rings. The standard InChI is InChI=1S/C29H35N3O2.C28H30FN3O3.C27H35N3O.C25H30ClN3O/c1-19-6-7-24-26(15-19)34-30-28(24)22-8-12-31(13-9-22)11-4-3-5-21-17-23-10-14-32-27(33)16-20(2)25(18-21)29(23)32;1-17-13-26(34)32-12-8-19-14-20(15-23(17)28(19)32)24(33)3-2-9-31-10-6-18(7-11-31)27-22-5-4-21(29)16-25(22)35-30-27;1-20-6-5-8-25(21(20)2)29-16-14-28(15-17-29)12-4-3-7-22-18-23-9-10-26(31)30-13-11-24(19-22)27(23)30;26-22-5-7-23(8-6-22)28-15-13-27(14-16-28)11-2-1-3-19-17-20-4-9-24(30)29-12-10-21(18-19)25(20)29/h6-7,15,17-18,20,22H,3-5,8-14,16H2,1-2H3;4-5,14-18H,2-3,6-13H2,1H3;5-6,8,18-19H,3-4,7,9-17H2,1-2H3;5-8,17-18H,1-4,9-16H2. The molecular formula is C109H130ClFN12O7. The lowest BCUT2D eigenvalue weighted by atomic mass is 9.87. The summed E-state index contributed by atoms with van der Waals surface area (Å²) >= 11 is 6.01. The number of amides is 4. The Bertz CT molecular complexity index is 5830. The van der Waals surface area contributed by atoms with Gasteiger partial charge in [0, 0.05) is 161 Å². The predicted octanol–water partition coefficient (Wildman–Crippen LogP) is 19.5. The van der Waals surface area contributed by atoms with Gasteiger partial charge in [-0.1, -0.05) is 90.4 Å². The van der Waals surface area contributed by atoms with Crippen molar-refractivity contribution in [2.75, 3.05) is 160 Å². The van der Waals surface area contributed by atoms with E-state index in [1.54, 1.807) is 6.07 Å². The minimum Gasteiger partial charge on any atom is -0.369 e. The summed E-state index contributed by atoms with van der Waals surface area (Å²) < 4.78 is 24.4. The van der Waals surface area contributed by atoms with Crippen molar-refractivity contribution < 1.29 is 37.4 Å². The highest BCUT2D eigenvalue weighted by atomic mass is 35.5. The van der Waals surface area contributed by atoms with Crippen LogP contribution in [0.5, 0.6) is 0 Å². The number of benzene rings is 8. The number of piperazine rings is 2. The summed E-state index contributed by atoms with van der Waals surface area (Å²) in [5.74, 6) is 2.37. The third-order valence-electron chi connectivity index (χ3n) is 30.8. The van der Waals surface area contributed by atoms with Gasteiger partial charge < -0.3 is 48.2 Å². The molecule has 4 saturated heterocycles.